The molecule has 1 amide bonds. The maximum absolute atomic E-state index is 12.6. The highest BCUT2D eigenvalue weighted by molar-refractivity contribution is 5.94. The van der Waals surface area contributed by atoms with E-state index >= 15 is 0 Å². The molecule has 1 atom stereocenters. The standard InChI is InChI=1S/C19H19N3O2/c1-13(2)17(14-8-4-3-5-9-14)21-18(23)15-12-20-16-10-6-7-11-22(16)19(15)24/h3-13,17H,1-2H3,(H,21,23). The molecule has 3 rings (SSSR count). The number of carbonyl (C=O) groups excluding carboxylic acids is 1. The van der Waals surface area contributed by atoms with E-state index in [2.05, 4.69) is 10.3 Å². The summed E-state index contributed by atoms with van der Waals surface area (Å²) in [6.07, 6.45) is 2.95. The van der Waals surface area contributed by atoms with Crippen LogP contribution < -0.4 is 10.9 Å². The second kappa shape index (κ2) is 6.66. The largest absolute Gasteiger partial charge is 0.345 e. The number of amides is 1. The van der Waals surface area contributed by atoms with Gasteiger partial charge in [0.1, 0.15) is 11.2 Å². The molecule has 24 heavy (non-hydrogen) atoms. The molecule has 5 nitrogen and oxygen atoms in total. The molecule has 0 aliphatic carbocycles. The van der Waals surface area contributed by atoms with Gasteiger partial charge in [-0.2, -0.15) is 0 Å². The Morgan fingerprint density at radius 1 is 1.08 bits per heavy atom. The highest BCUT2D eigenvalue weighted by Gasteiger charge is 2.21. The Morgan fingerprint density at radius 3 is 2.50 bits per heavy atom. The normalized spacial score (nSPS) is 12.3. The summed E-state index contributed by atoms with van der Waals surface area (Å²) in [5, 5.41) is 2.96. The molecular formula is C19H19N3O2. The number of nitrogens with zero attached hydrogens (tertiary/aromatic N) is 2. The van der Waals surface area contributed by atoms with E-state index in [0.29, 0.717) is 5.65 Å². The maximum Gasteiger partial charge on any atom is 0.270 e. The third-order valence-electron chi connectivity index (χ3n) is 3.97. The van der Waals surface area contributed by atoms with E-state index in [1.165, 1.54) is 10.6 Å². The molecule has 1 N–H and O–H groups in total. The van der Waals surface area contributed by atoms with Crippen LogP contribution >= 0.6 is 0 Å². The van der Waals surface area contributed by atoms with E-state index in [0.717, 1.165) is 5.56 Å². The topological polar surface area (TPSA) is 63.5 Å². The lowest BCUT2D eigenvalue weighted by Crippen LogP contribution is -2.36. The first-order valence-electron chi connectivity index (χ1n) is 7.90. The summed E-state index contributed by atoms with van der Waals surface area (Å²) in [6.45, 7) is 4.06. The summed E-state index contributed by atoms with van der Waals surface area (Å²) in [5.74, 6) is -0.221. The molecule has 5 heteroatoms. The summed E-state index contributed by atoms with van der Waals surface area (Å²) < 4.78 is 1.38. The zero-order valence-corrected chi connectivity index (χ0v) is 13.6. The van der Waals surface area contributed by atoms with Gasteiger partial charge in [-0.1, -0.05) is 50.2 Å². The van der Waals surface area contributed by atoms with Crippen LogP contribution in [-0.2, 0) is 0 Å². The summed E-state index contributed by atoms with van der Waals surface area (Å²) in [7, 11) is 0. The predicted molar refractivity (Wildman–Crippen MR) is 92.9 cm³/mol. The number of carbonyl (C=O) groups is 1. The van der Waals surface area contributed by atoms with Crippen LogP contribution in [0.1, 0.15) is 35.8 Å². The van der Waals surface area contributed by atoms with Gasteiger partial charge in [-0.05, 0) is 23.6 Å². The first kappa shape index (κ1) is 15.9. The number of nitrogens with one attached hydrogen (secondary N) is 1. The first-order chi connectivity index (χ1) is 11.6. The number of rotatable bonds is 4. The molecule has 0 radical (unpaired) electrons. The lowest BCUT2D eigenvalue weighted by atomic mass is 9.96. The first-order valence-corrected chi connectivity index (χ1v) is 7.90. The van der Waals surface area contributed by atoms with Gasteiger partial charge in [0, 0.05) is 12.4 Å². The molecule has 0 fully saturated rings. The van der Waals surface area contributed by atoms with Gasteiger partial charge in [-0.3, -0.25) is 14.0 Å². The number of pyridine rings is 1. The zero-order chi connectivity index (χ0) is 17.1. The van der Waals surface area contributed by atoms with Crippen molar-refractivity contribution in [2.24, 2.45) is 5.92 Å². The fourth-order valence-electron chi connectivity index (χ4n) is 2.70. The fraction of sp³-hybridized carbons (Fsp3) is 0.211. The minimum atomic E-state index is -0.409. The lowest BCUT2D eigenvalue weighted by Gasteiger charge is -2.22. The van der Waals surface area contributed by atoms with Gasteiger partial charge >= 0.3 is 0 Å². The molecule has 0 aliphatic heterocycles. The molecule has 1 unspecified atom stereocenters. The SMILES string of the molecule is CC(C)C(NC(=O)c1cnc2ccccn2c1=O)c1ccccc1. The van der Waals surface area contributed by atoms with E-state index in [1.54, 1.807) is 24.4 Å². The lowest BCUT2D eigenvalue weighted by molar-refractivity contribution is 0.0923. The van der Waals surface area contributed by atoms with Crippen LogP contribution in [0.2, 0.25) is 0 Å². The van der Waals surface area contributed by atoms with Crippen LogP contribution in [0, 0.1) is 5.92 Å². The van der Waals surface area contributed by atoms with Gasteiger partial charge in [-0.25, -0.2) is 4.98 Å². The van der Waals surface area contributed by atoms with Gasteiger partial charge in [0.2, 0.25) is 0 Å². The maximum atomic E-state index is 12.6. The Balaban J connectivity index is 1.94. The van der Waals surface area contributed by atoms with Crippen LogP contribution in [-0.4, -0.2) is 15.3 Å². The third kappa shape index (κ3) is 3.06. The number of aromatic nitrogens is 2. The third-order valence-corrected chi connectivity index (χ3v) is 3.97. The second-order valence-electron chi connectivity index (χ2n) is 6.01. The van der Waals surface area contributed by atoms with Crippen molar-refractivity contribution in [3.63, 3.8) is 0 Å². The van der Waals surface area contributed by atoms with Crippen molar-refractivity contribution in [1.82, 2.24) is 14.7 Å². The average molecular weight is 321 g/mol. The van der Waals surface area contributed by atoms with E-state index in [4.69, 9.17) is 0 Å². The van der Waals surface area contributed by atoms with Crippen molar-refractivity contribution in [1.29, 1.82) is 0 Å². The molecule has 122 valence electrons. The van der Waals surface area contributed by atoms with Crippen molar-refractivity contribution < 1.29 is 4.79 Å². The molecule has 2 aromatic heterocycles. The quantitative estimate of drug-likeness (QED) is 0.803. The molecule has 1 aromatic carbocycles. The monoisotopic (exact) mass is 321 g/mol. The Morgan fingerprint density at radius 2 is 1.79 bits per heavy atom. The summed E-state index contributed by atoms with van der Waals surface area (Å²) >= 11 is 0. The molecule has 2 heterocycles. The summed E-state index contributed by atoms with van der Waals surface area (Å²) in [4.78, 5) is 29.3. The highest BCUT2D eigenvalue weighted by Crippen LogP contribution is 2.21. The van der Waals surface area contributed by atoms with Crippen LogP contribution in [0.25, 0.3) is 5.65 Å². The minimum Gasteiger partial charge on any atom is -0.345 e. The molecule has 0 bridgehead atoms. The Labute approximate surface area is 140 Å². The minimum absolute atomic E-state index is 0.0419. The van der Waals surface area contributed by atoms with Crippen molar-refractivity contribution in [3.05, 3.63) is 82.4 Å². The van der Waals surface area contributed by atoms with Crippen LogP contribution in [0.3, 0.4) is 0 Å². The van der Waals surface area contributed by atoms with Gasteiger partial charge in [0.05, 0.1) is 6.04 Å². The molecule has 3 aromatic rings. The number of benzene rings is 1. The van der Waals surface area contributed by atoms with Crippen LogP contribution in [0.15, 0.2) is 65.7 Å². The van der Waals surface area contributed by atoms with E-state index in [9.17, 15) is 9.59 Å². The molecular weight excluding hydrogens is 302 g/mol. The molecule has 0 saturated heterocycles. The smallest absolute Gasteiger partial charge is 0.270 e. The van der Waals surface area contributed by atoms with Crippen LogP contribution in [0.5, 0.6) is 0 Å². The predicted octanol–water partition coefficient (Wildman–Crippen LogP) is 2.82. The Kier molecular flexibility index (Phi) is 4.42. The molecule has 0 spiro atoms. The van der Waals surface area contributed by atoms with Gasteiger partial charge < -0.3 is 5.32 Å². The van der Waals surface area contributed by atoms with Gasteiger partial charge in [0.25, 0.3) is 11.5 Å². The summed E-state index contributed by atoms with van der Waals surface area (Å²) in [6, 6.07) is 14.8. The average Bonchev–Trinajstić information content (AvgIpc) is 2.60. The second-order valence-corrected chi connectivity index (χ2v) is 6.01. The van der Waals surface area contributed by atoms with Crippen LogP contribution in [0.4, 0.5) is 0 Å². The summed E-state index contributed by atoms with van der Waals surface area (Å²) in [5.41, 5.74) is 1.20. The van der Waals surface area contributed by atoms with E-state index in [1.807, 2.05) is 44.2 Å². The fourth-order valence-corrected chi connectivity index (χ4v) is 2.70. The molecule has 0 aliphatic rings. The van der Waals surface area contributed by atoms with Crippen molar-refractivity contribution in [2.75, 3.05) is 0 Å². The molecule has 0 saturated carbocycles. The number of fused-ring (bicyclic) bond motifs is 1. The highest BCUT2D eigenvalue weighted by atomic mass is 16.2. The van der Waals surface area contributed by atoms with Crippen molar-refractivity contribution in [3.8, 4) is 0 Å². The van der Waals surface area contributed by atoms with Gasteiger partial charge in [0.15, 0.2) is 0 Å². The van der Waals surface area contributed by atoms with Gasteiger partial charge in [-0.15, -0.1) is 0 Å². The van der Waals surface area contributed by atoms with E-state index < -0.39 is 5.91 Å². The zero-order valence-electron chi connectivity index (χ0n) is 13.6. The number of hydrogen-bond donors (Lipinski definition) is 1. The van der Waals surface area contributed by atoms with Crippen molar-refractivity contribution >= 4 is 11.6 Å². The van der Waals surface area contributed by atoms with Crippen molar-refractivity contribution in [2.45, 2.75) is 19.9 Å². The number of hydrogen-bond acceptors (Lipinski definition) is 3. The van der Waals surface area contributed by atoms with E-state index in [-0.39, 0.29) is 23.1 Å². The Bertz CT molecular complexity index is 917. The Hall–Kier alpha value is -2.95.